The highest BCUT2D eigenvalue weighted by molar-refractivity contribution is 6.00. The van der Waals surface area contributed by atoms with Crippen LogP contribution in [0.15, 0.2) is 48.5 Å². The monoisotopic (exact) mass is 455 g/mol. The van der Waals surface area contributed by atoms with Crippen LogP contribution in [0.25, 0.3) is 33.1 Å². The standard InChI is InChI=1S/C30H37N3O/c1-19(2)28-25-17-22(21-12-14-33(15-13-21)18-30(4,5)34)10-11-27(25)32-29(28)24-16-20(3)31-26-9-7-6-8-23(24)26/h6-11,16-17,19,21,32,34H,12-15,18H2,1-5H3. The van der Waals surface area contributed by atoms with Gasteiger partial charge < -0.3 is 15.0 Å². The Bertz CT molecular complexity index is 1320. The van der Waals surface area contributed by atoms with Gasteiger partial charge in [0.25, 0.3) is 0 Å². The Morgan fingerprint density at radius 2 is 1.79 bits per heavy atom. The van der Waals surface area contributed by atoms with Gasteiger partial charge in [-0.3, -0.25) is 4.98 Å². The number of aryl methyl sites for hydroxylation is 1. The molecule has 0 unspecified atom stereocenters. The number of nitrogens with zero attached hydrogens (tertiary/aromatic N) is 2. The molecule has 178 valence electrons. The van der Waals surface area contributed by atoms with Crippen molar-refractivity contribution in [1.82, 2.24) is 14.9 Å². The molecule has 0 aliphatic carbocycles. The van der Waals surface area contributed by atoms with Gasteiger partial charge in [-0.25, -0.2) is 0 Å². The van der Waals surface area contributed by atoms with Crippen molar-refractivity contribution in [3.63, 3.8) is 0 Å². The molecule has 0 amide bonds. The number of piperidine rings is 1. The van der Waals surface area contributed by atoms with Crippen LogP contribution in [0.4, 0.5) is 0 Å². The lowest BCUT2D eigenvalue weighted by molar-refractivity contribution is 0.0282. The first kappa shape index (κ1) is 23.1. The first-order valence-electron chi connectivity index (χ1n) is 12.7. The number of likely N-dealkylation sites (tertiary alicyclic amines) is 1. The molecule has 4 nitrogen and oxygen atoms in total. The molecule has 0 saturated carbocycles. The minimum Gasteiger partial charge on any atom is -0.389 e. The van der Waals surface area contributed by atoms with E-state index in [-0.39, 0.29) is 0 Å². The van der Waals surface area contributed by atoms with Gasteiger partial charge in [-0.05, 0) is 93.9 Å². The van der Waals surface area contributed by atoms with Crippen LogP contribution < -0.4 is 0 Å². The maximum atomic E-state index is 10.2. The number of para-hydroxylation sites is 1. The molecule has 1 saturated heterocycles. The predicted octanol–water partition coefficient (Wildman–Crippen LogP) is 6.77. The van der Waals surface area contributed by atoms with Gasteiger partial charge in [0.2, 0.25) is 0 Å². The van der Waals surface area contributed by atoms with Gasteiger partial charge in [0.15, 0.2) is 0 Å². The second-order valence-electron chi connectivity index (χ2n) is 11.1. The molecule has 0 bridgehead atoms. The average molecular weight is 456 g/mol. The number of rotatable bonds is 5. The summed E-state index contributed by atoms with van der Waals surface area (Å²) in [5.74, 6) is 0.977. The van der Waals surface area contributed by atoms with E-state index in [2.05, 4.69) is 79.2 Å². The Kier molecular flexibility index (Phi) is 5.99. The van der Waals surface area contributed by atoms with E-state index < -0.39 is 5.60 Å². The van der Waals surface area contributed by atoms with Crippen molar-refractivity contribution >= 4 is 21.8 Å². The highest BCUT2D eigenvalue weighted by Gasteiger charge is 2.26. The molecule has 1 aliphatic rings. The number of benzene rings is 2. The number of hydrogen-bond acceptors (Lipinski definition) is 3. The molecule has 0 radical (unpaired) electrons. The van der Waals surface area contributed by atoms with Crippen LogP contribution in [0.5, 0.6) is 0 Å². The van der Waals surface area contributed by atoms with Gasteiger partial charge in [-0.15, -0.1) is 0 Å². The molecule has 0 spiro atoms. The van der Waals surface area contributed by atoms with Crippen LogP contribution in [0.2, 0.25) is 0 Å². The van der Waals surface area contributed by atoms with Gasteiger partial charge in [-0.1, -0.05) is 38.1 Å². The molecule has 1 aliphatic heterocycles. The predicted molar refractivity (Wildman–Crippen MR) is 143 cm³/mol. The van der Waals surface area contributed by atoms with Gasteiger partial charge in [0.1, 0.15) is 0 Å². The quantitative estimate of drug-likeness (QED) is 0.349. The van der Waals surface area contributed by atoms with Crippen molar-refractivity contribution in [2.24, 2.45) is 0 Å². The van der Waals surface area contributed by atoms with Crippen molar-refractivity contribution in [3.05, 3.63) is 65.4 Å². The number of H-pyrrole nitrogens is 1. The van der Waals surface area contributed by atoms with E-state index in [1.54, 1.807) is 0 Å². The summed E-state index contributed by atoms with van der Waals surface area (Å²) in [4.78, 5) is 10.9. The first-order chi connectivity index (χ1) is 16.2. The van der Waals surface area contributed by atoms with Crippen molar-refractivity contribution in [1.29, 1.82) is 0 Å². The molecule has 4 aromatic rings. The van der Waals surface area contributed by atoms with E-state index in [4.69, 9.17) is 4.98 Å². The van der Waals surface area contributed by atoms with E-state index in [1.165, 1.54) is 38.7 Å². The van der Waals surface area contributed by atoms with Crippen molar-refractivity contribution in [3.8, 4) is 11.3 Å². The Morgan fingerprint density at radius 3 is 2.50 bits per heavy atom. The first-order valence-corrected chi connectivity index (χ1v) is 12.7. The Morgan fingerprint density at radius 1 is 1.06 bits per heavy atom. The molecule has 1 fully saturated rings. The smallest absolute Gasteiger partial charge is 0.0718 e. The lowest BCUT2D eigenvalue weighted by atomic mass is 9.87. The molecule has 0 atom stereocenters. The largest absolute Gasteiger partial charge is 0.389 e. The van der Waals surface area contributed by atoms with Crippen molar-refractivity contribution in [2.45, 2.75) is 64.9 Å². The second-order valence-corrected chi connectivity index (χ2v) is 11.1. The van der Waals surface area contributed by atoms with Gasteiger partial charge in [0, 0.05) is 34.1 Å². The van der Waals surface area contributed by atoms with E-state index in [9.17, 15) is 5.11 Å². The summed E-state index contributed by atoms with van der Waals surface area (Å²) in [7, 11) is 0. The molecular weight excluding hydrogens is 418 g/mol. The number of β-amino-alcohol motifs (C(OH)–C–C–N with tert-alkyl or cyclic N) is 1. The van der Waals surface area contributed by atoms with Crippen molar-refractivity contribution in [2.75, 3.05) is 19.6 Å². The summed E-state index contributed by atoms with van der Waals surface area (Å²) < 4.78 is 0. The minimum absolute atomic E-state index is 0.403. The number of aliphatic hydroxyl groups is 1. The highest BCUT2D eigenvalue weighted by Crippen LogP contribution is 2.40. The third-order valence-corrected chi connectivity index (χ3v) is 7.22. The van der Waals surface area contributed by atoms with Gasteiger partial charge in [-0.2, -0.15) is 0 Å². The lowest BCUT2D eigenvalue weighted by Gasteiger charge is -2.35. The fraction of sp³-hybridized carbons (Fsp3) is 0.433. The third-order valence-electron chi connectivity index (χ3n) is 7.22. The number of pyridine rings is 1. The van der Waals surface area contributed by atoms with Gasteiger partial charge >= 0.3 is 0 Å². The summed E-state index contributed by atoms with van der Waals surface area (Å²) in [5, 5.41) is 12.7. The molecule has 2 N–H and O–H groups in total. The fourth-order valence-electron chi connectivity index (χ4n) is 5.78. The highest BCUT2D eigenvalue weighted by atomic mass is 16.3. The normalized spacial score (nSPS) is 16.2. The Balaban J connectivity index is 1.53. The Labute approximate surface area is 203 Å². The molecule has 2 aromatic heterocycles. The topological polar surface area (TPSA) is 52.2 Å². The zero-order chi connectivity index (χ0) is 24.0. The number of aromatic nitrogens is 2. The van der Waals surface area contributed by atoms with Crippen LogP contribution >= 0.6 is 0 Å². The summed E-state index contributed by atoms with van der Waals surface area (Å²) in [6, 6.07) is 17.7. The lowest BCUT2D eigenvalue weighted by Crippen LogP contribution is -2.42. The average Bonchev–Trinajstić information content (AvgIpc) is 3.17. The minimum atomic E-state index is -0.630. The molecule has 4 heteroatoms. The molecule has 34 heavy (non-hydrogen) atoms. The summed E-state index contributed by atoms with van der Waals surface area (Å²) in [6.07, 6.45) is 2.29. The molecule has 3 heterocycles. The SMILES string of the molecule is Cc1cc(-c2[nH]c3ccc(C4CCN(CC(C)(C)O)CC4)cc3c2C(C)C)c2ccccc2n1. The fourth-order valence-corrected chi connectivity index (χ4v) is 5.78. The number of aromatic amines is 1. The van der Waals surface area contributed by atoms with Gasteiger partial charge in [0.05, 0.1) is 16.8 Å². The van der Waals surface area contributed by atoms with E-state index >= 15 is 0 Å². The zero-order valence-electron chi connectivity index (χ0n) is 21.2. The van der Waals surface area contributed by atoms with E-state index in [1.807, 2.05) is 13.8 Å². The molecular formula is C30H37N3O. The molecule has 2 aromatic carbocycles. The van der Waals surface area contributed by atoms with Crippen molar-refractivity contribution < 1.29 is 5.11 Å². The van der Waals surface area contributed by atoms with E-state index in [0.29, 0.717) is 11.8 Å². The number of hydrogen-bond donors (Lipinski definition) is 2. The summed E-state index contributed by atoms with van der Waals surface area (Å²) in [6.45, 7) is 13.3. The maximum Gasteiger partial charge on any atom is 0.0718 e. The van der Waals surface area contributed by atoms with Crippen LogP contribution in [-0.2, 0) is 0 Å². The van der Waals surface area contributed by atoms with Crippen LogP contribution in [0.1, 0.15) is 69.2 Å². The maximum absolute atomic E-state index is 10.2. The van der Waals surface area contributed by atoms with Crippen LogP contribution in [-0.4, -0.2) is 45.2 Å². The second kappa shape index (κ2) is 8.83. The van der Waals surface area contributed by atoms with Crippen LogP contribution in [0.3, 0.4) is 0 Å². The Hall–Kier alpha value is -2.69. The van der Waals surface area contributed by atoms with E-state index in [0.717, 1.165) is 43.7 Å². The van der Waals surface area contributed by atoms with Crippen LogP contribution in [0, 0.1) is 6.92 Å². The summed E-state index contributed by atoms with van der Waals surface area (Å²) >= 11 is 0. The summed E-state index contributed by atoms with van der Waals surface area (Å²) in [5.41, 5.74) is 7.97. The third kappa shape index (κ3) is 4.49. The number of fused-ring (bicyclic) bond motifs is 2. The molecule has 5 rings (SSSR count). The number of nitrogens with one attached hydrogen (secondary N) is 1. The zero-order valence-corrected chi connectivity index (χ0v) is 21.2.